The summed E-state index contributed by atoms with van der Waals surface area (Å²) in [4.78, 5) is 6.49. The van der Waals surface area contributed by atoms with Gasteiger partial charge in [-0.15, -0.1) is 0 Å². The highest BCUT2D eigenvalue weighted by Gasteiger charge is 2.26. The maximum atomic E-state index is 6.10. The second-order valence-corrected chi connectivity index (χ2v) is 5.71. The van der Waals surface area contributed by atoms with Crippen molar-refractivity contribution in [2.75, 3.05) is 13.1 Å². The van der Waals surface area contributed by atoms with E-state index in [1.807, 2.05) is 33.0 Å². The third-order valence-electron chi connectivity index (χ3n) is 4.05. The summed E-state index contributed by atoms with van der Waals surface area (Å²) in [5.74, 6) is 1.86. The molecular formula is C16H21N3O2. The second kappa shape index (κ2) is 5.85. The maximum absolute atomic E-state index is 6.10. The molecule has 1 unspecified atom stereocenters. The fraction of sp³-hybridized carbons (Fsp3) is 0.500. The molecule has 112 valence electrons. The number of likely N-dealkylation sites (tertiary alicyclic amines) is 1. The average Bonchev–Trinajstić information content (AvgIpc) is 3.03. The predicted octanol–water partition coefficient (Wildman–Crippen LogP) is 2.65. The number of nitrogens with zero attached hydrogens (tertiary/aromatic N) is 3. The van der Waals surface area contributed by atoms with Crippen LogP contribution in [0.4, 0.5) is 0 Å². The fourth-order valence-corrected chi connectivity index (χ4v) is 2.76. The summed E-state index contributed by atoms with van der Waals surface area (Å²) in [6.07, 6.45) is 4.90. The zero-order valence-corrected chi connectivity index (χ0v) is 12.8. The molecule has 5 heteroatoms. The van der Waals surface area contributed by atoms with Crippen LogP contribution in [0.15, 0.2) is 23.0 Å². The molecule has 3 rings (SSSR count). The van der Waals surface area contributed by atoms with Crippen LogP contribution >= 0.6 is 0 Å². The lowest BCUT2D eigenvalue weighted by Crippen LogP contribution is -2.25. The molecular weight excluding hydrogens is 266 g/mol. The predicted molar refractivity (Wildman–Crippen MR) is 79.3 cm³/mol. The van der Waals surface area contributed by atoms with E-state index in [0.29, 0.717) is 0 Å². The molecule has 0 N–H and O–H groups in total. The molecule has 0 aromatic carbocycles. The zero-order valence-electron chi connectivity index (χ0n) is 12.8. The van der Waals surface area contributed by atoms with E-state index in [1.54, 1.807) is 6.20 Å². The highest BCUT2D eigenvalue weighted by atomic mass is 16.5. The number of hydrogen-bond acceptors (Lipinski definition) is 5. The monoisotopic (exact) mass is 287 g/mol. The van der Waals surface area contributed by atoms with Gasteiger partial charge in [-0.2, -0.15) is 0 Å². The molecule has 21 heavy (non-hydrogen) atoms. The fourth-order valence-electron chi connectivity index (χ4n) is 2.76. The molecule has 0 amide bonds. The Labute approximate surface area is 124 Å². The number of aryl methyl sites for hydroxylation is 3. The van der Waals surface area contributed by atoms with Crippen LogP contribution in [0.3, 0.4) is 0 Å². The topological polar surface area (TPSA) is 51.4 Å². The van der Waals surface area contributed by atoms with Crippen molar-refractivity contribution in [2.45, 2.75) is 39.8 Å². The van der Waals surface area contributed by atoms with E-state index < -0.39 is 0 Å². The summed E-state index contributed by atoms with van der Waals surface area (Å²) in [7, 11) is 0. The maximum Gasteiger partial charge on any atom is 0.138 e. The summed E-state index contributed by atoms with van der Waals surface area (Å²) in [5.41, 5.74) is 3.28. The summed E-state index contributed by atoms with van der Waals surface area (Å²) >= 11 is 0. The molecule has 0 radical (unpaired) electrons. The third kappa shape index (κ3) is 3.08. The Bertz CT molecular complexity index is 604. The van der Waals surface area contributed by atoms with Gasteiger partial charge in [0.05, 0.1) is 5.69 Å². The lowest BCUT2D eigenvalue weighted by Gasteiger charge is -2.17. The molecule has 0 bridgehead atoms. The van der Waals surface area contributed by atoms with Crippen LogP contribution in [0.25, 0.3) is 0 Å². The molecule has 3 heterocycles. The van der Waals surface area contributed by atoms with Gasteiger partial charge in [0.1, 0.15) is 17.6 Å². The molecule has 0 aliphatic carbocycles. The summed E-state index contributed by atoms with van der Waals surface area (Å²) in [6.45, 7) is 8.86. The van der Waals surface area contributed by atoms with Crippen LogP contribution in [0.1, 0.15) is 29.0 Å². The molecule has 1 fully saturated rings. The molecule has 1 aliphatic heterocycles. The van der Waals surface area contributed by atoms with Crippen molar-refractivity contribution in [3.8, 4) is 5.75 Å². The highest BCUT2D eigenvalue weighted by molar-refractivity contribution is 5.28. The zero-order chi connectivity index (χ0) is 14.8. The van der Waals surface area contributed by atoms with Gasteiger partial charge in [0, 0.05) is 43.2 Å². The number of aromatic nitrogens is 2. The van der Waals surface area contributed by atoms with Crippen molar-refractivity contribution in [2.24, 2.45) is 0 Å². The largest absolute Gasteiger partial charge is 0.489 e. The van der Waals surface area contributed by atoms with E-state index >= 15 is 0 Å². The second-order valence-electron chi connectivity index (χ2n) is 5.71. The first kappa shape index (κ1) is 14.1. The summed E-state index contributed by atoms with van der Waals surface area (Å²) < 4.78 is 11.3. The van der Waals surface area contributed by atoms with Crippen molar-refractivity contribution in [1.29, 1.82) is 0 Å². The van der Waals surface area contributed by atoms with E-state index in [1.165, 1.54) is 5.56 Å². The molecule has 2 aromatic rings. The van der Waals surface area contributed by atoms with Gasteiger partial charge in [-0.1, -0.05) is 5.16 Å². The molecule has 0 saturated carbocycles. The Hall–Kier alpha value is -1.88. The van der Waals surface area contributed by atoms with Gasteiger partial charge in [0.2, 0.25) is 0 Å². The quantitative estimate of drug-likeness (QED) is 0.865. The van der Waals surface area contributed by atoms with Crippen molar-refractivity contribution >= 4 is 0 Å². The minimum absolute atomic E-state index is 0.242. The van der Waals surface area contributed by atoms with Crippen LogP contribution in [0.2, 0.25) is 0 Å². The Kier molecular flexibility index (Phi) is 3.92. The smallest absolute Gasteiger partial charge is 0.138 e. The van der Waals surface area contributed by atoms with Gasteiger partial charge >= 0.3 is 0 Å². The summed E-state index contributed by atoms with van der Waals surface area (Å²) in [6, 6.07) is 1.94. The first-order valence-electron chi connectivity index (χ1n) is 7.35. The number of pyridine rings is 1. The lowest BCUT2D eigenvalue weighted by molar-refractivity contribution is 0.196. The Balaban J connectivity index is 1.60. The van der Waals surface area contributed by atoms with Crippen molar-refractivity contribution in [3.63, 3.8) is 0 Å². The first-order chi connectivity index (χ1) is 10.1. The van der Waals surface area contributed by atoms with Crippen LogP contribution in [0.5, 0.6) is 5.75 Å². The highest BCUT2D eigenvalue weighted by Crippen LogP contribution is 2.23. The molecule has 5 nitrogen and oxygen atoms in total. The molecule has 1 saturated heterocycles. The third-order valence-corrected chi connectivity index (χ3v) is 4.05. The van der Waals surface area contributed by atoms with E-state index in [-0.39, 0.29) is 6.10 Å². The van der Waals surface area contributed by atoms with Gasteiger partial charge in [-0.25, -0.2) is 0 Å². The van der Waals surface area contributed by atoms with Gasteiger partial charge in [0.15, 0.2) is 0 Å². The van der Waals surface area contributed by atoms with Gasteiger partial charge < -0.3 is 9.26 Å². The first-order valence-corrected chi connectivity index (χ1v) is 7.35. The van der Waals surface area contributed by atoms with Crippen molar-refractivity contribution < 1.29 is 9.26 Å². The van der Waals surface area contributed by atoms with Crippen LogP contribution in [-0.2, 0) is 6.54 Å². The van der Waals surface area contributed by atoms with Crippen LogP contribution in [-0.4, -0.2) is 34.2 Å². The van der Waals surface area contributed by atoms with E-state index in [4.69, 9.17) is 9.26 Å². The Morgan fingerprint density at radius 1 is 1.38 bits per heavy atom. The summed E-state index contributed by atoms with van der Waals surface area (Å²) in [5, 5.41) is 4.02. The normalized spacial score (nSPS) is 19.1. The van der Waals surface area contributed by atoms with E-state index in [0.717, 1.165) is 48.8 Å². The van der Waals surface area contributed by atoms with Crippen molar-refractivity contribution in [1.82, 2.24) is 15.0 Å². The SMILES string of the molecule is Cc1cnccc1OC1CCN(Cc2c(C)noc2C)C1. The lowest BCUT2D eigenvalue weighted by atomic mass is 10.2. The molecule has 1 atom stereocenters. The van der Waals surface area contributed by atoms with Crippen LogP contribution in [0, 0.1) is 20.8 Å². The minimum Gasteiger partial charge on any atom is -0.489 e. The Morgan fingerprint density at radius 2 is 2.24 bits per heavy atom. The van der Waals surface area contributed by atoms with E-state index in [2.05, 4.69) is 15.0 Å². The van der Waals surface area contributed by atoms with E-state index in [9.17, 15) is 0 Å². The van der Waals surface area contributed by atoms with Crippen molar-refractivity contribution in [3.05, 3.63) is 41.0 Å². The standard InChI is InChI=1S/C16H21N3O2/c1-11-8-17-6-4-16(11)20-14-5-7-19(9-14)10-15-12(2)18-21-13(15)3/h4,6,8,14H,5,7,9-10H2,1-3H3. The Morgan fingerprint density at radius 3 is 2.95 bits per heavy atom. The molecule has 0 spiro atoms. The van der Waals surface area contributed by atoms with Crippen LogP contribution < -0.4 is 4.74 Å². The molecule has 2 aromatic heterocycles. The number of ether oxygens (including phenoxy) is 1. The number of hydrogen-bond donors (Lipinski definition) is 0. The van der Waals surface area contributed by atoms with Gasteiger partial charge in [-0.05, 0) is 33.3 Å². The minimum atomic E-state index is 0.242. The average molecular weight is 287 g/mol. The number of rotatable bonds is 4. The van der Waals surface area contributed by atoms with Gasteiger partial charge in [-0.3, -0.25) is 9.88 Å². The van der Waals surface area contributed by atoms with Gasteiger partial charge in [0.25, 0.3) is 0 Å². The molecule has 1 aliphatic rings.